The zero-order valence-electron chi connectivity index (χ0n) is 13.2. The van der Waals surface area contributed by atoms with Crippen molar-refractivity contribution in [3.05, 3.63) is 64.4 Å². The van der Waals surface area contributed by atoms with Gasteiger partial charge in [-0.15, -0.1) is 0 Å². The van der Waals surface area contributed by atoms with Crippen LogP contribution in [0, 0.1) is 0 Å². The Balaban J connectivity index is 1.97. The van der Waals surface area contributed by atoms with Crippen molar-refractivity contribution in [2.45, 2.75) is 11.3 Å². The number of sulfonamides is 1. The highest BCUT2D eigenvalue weighted by molar-refractivity contribution is 7.89. The van der Waals surface area contributed by atoms with E-state index in [2.05, 4.69) is 10.3 Å². The summed E-state index contributed by atoms with van der Waals surface area (Å²) >= 11 is 11.9. The van der Waals surface area contributed by atoms with Crippen LogP contribution >= 0.6 is 23.2 Å². The van der Waals surface area contributed by atoms with E-state index in [-0.39, 0.29) is 28.1 Å². The van der Waals surface area contributed by atoms with Crippen LogP contribution in [-0.4, -0.2) is 19.3 Å². The van der Waals surface area contributed by atoms with Gasteiger partial charge in [-0.2, -0.15) is 0 Å². The minimum atomic E-state index is -4.03. The lowest BCUT2D eigenvalue weighted by atomic mass is 10.1. The molecule has 1 heterocycles. The van der Waals surface area contributed by atoms with E-state index in [1.165, 1.54) is 18.3 Å². The second-order valence-corrected chi connectivity index (χ2v) is 7.89. The summed E-state index contributed by atoms with van der Waals surface area (Å²) in [6.07, 6.45) is 1.46. The Bertz CT molecular complexity index is 1120. The van der Waals surface area contributed by atoms with Gasteiger partial charge in [0, 0.05) is 27.7 Å². The second-order valence-electron chi connectivity index (χ2n) is 5.56. The van der Waals surface area contributed by atoms with Crippen molar-refractivity contribution in [2.24, 2.45) is 5.14 Å². The number of nitrogens with zero attached hydrogens (tertiary/aromatic N) is 1. The second kappa shape index (κ2) is 7.20. The number of halogens is 2. The Hall–Kier alpha value is -2.19. The first-order valence-corrected chi connectivity index (χ1v) is 9.69. The SMILES string of the molecule is NS(=O)(=O)c1cc(NC(=O)Cc2ccccc2Cl)cc2cnc(Cl)cc12. The van der Waals surface area contributed by atoms with Gasteiger partial charge in [0.05, 0.1) is 11.3 Å². The smallest absolute Gasteiger partial charge is 0.238 e. The predicted molar refractivity (Wildman–Crippen MR) is 102 cm³/mol. The molecule has 3 N–H and O–H groups in total. The van der Waals surface area contributed by atoms with Gasteiger partial charge in [0.15, 0.2) is 0 Å². The zero-order chi connectivity index (χ0) is 18.9. The minimum absolute atomic E-state index is 0.0429. The molecular formula is C17H13Cl2N3O3S. The number of anilines is 1. The van der Waals surface area contributed by atoms with Crippen LogP contribution in [0.15, 0.2) is 53.6 Å². The van der Waals surface area contributed by atoms with Gasteiger partial charge >= 0.3 is 0 Å². The van der Waals surface area contributed by atoms with Crippen molar-refractivity contribution in [1.82, 2.24) is 4.98 Å². The molecule has 3 rings (SSSR count). The minimum Gasteiger partial charge on any atom is -0.326 e. The molecule has 0 saturated carbocycles. The molecule has 9 heteroatoms. The number of carbonyl (C=O) groups is 1. The lowest BCUT2D eigenvalue weighted by molar-refractivity contribution is -0.115. The van der Waals surface area contributed by atoms with E-state index in [1.54, 1.807) is 30.3 Å². The molecule has 0 radical (unpaired) electrons. The molecule has 0 atom stereocenters. The highest BCUT2D eigenvalue weighted by Gasteiger charge is 2.16. The molecule has 26 heavy (non-hydrogen) atoms. The average molecular weight is 410 g/mol. The van der Waals surface area contributed by atoms with Crippen LogP contribution in [0.2, 0.25) is 10.2 Å². The van der Waals surface area contributed by atoms with Crippen LogP contribution in [0.3, 0.4) is 0 Å². The number of carbonyl (C=O) groups excluding carboxylic acids is 1. The summed E-state index contributed by atoms with van der Waals surface area (Å²) < 4.78 is 23.8. The third-order valence-electron chi connectivity index (χ3n) is 3.66. The first-order chi connectivity index (χ1) is 12.2. The number of rotatable bonds is 4. The molecule has 0 saturated heterocycles. The van der Waals surface area contributed by atoms with E-state index in [9.17, 15) is 13.2 Å². The largest absolute Gasteiger partial charge is 0.326 e. The molecule has 0 aliphatic rings. The molecule has 0 bridgehead atoms. The van der Waals surface area contributed by atoms with Crippen LogP contribution < -0.4 is 10.5 Å². The number of aromatic nitrogens is 1. The molecule has 0 spiro atoms. The van der Waals surface area contributed by atoms with Crippen molar-refractivity contribution in [3.63, 3.8) is 0 Å². The normalized spacial score (nSPS) is 11.5. The van der Waals surface area contributed by atoms with Gasteiger partial charge in [-0.3, -0.25) is 4.79 Å². The highest BCUT2D eigenvalue weighted by Crippen LogP contribution is 2.28. The van der Waals surface area contributed by atoms with E-state index >= 15 is 0 Å². The van der Waals surface area contributed by atoms with Gasteiger partial charge < -0.3 is 5.32 Å². The topological polar surface area (TPSA) is 102 Å². The van der Waals surface area contributed by atoms with E-state index in [4.69, 9.17) is 28.3 Å². The summed E-state index contributed by atoms with van der Waals surface area (Å²) in [4.78, 5) is 16.1. The molecule has 0 fully saturated rings. The number of hydrogen-bond donors (Lipinski definition) is 2. The lowest BCUT2D eigenvalue weighted by Crippen LogP contribution is -2.17. The maximum absolute atomic E-state index is 12.3. The molecule has 1 amide bonds. The number of primary sulfonamides is 1. The first-order valence-electron chi connectivity index (χ1n) is 7.39. The summed E-state index contributed by atoms with van der Waals surface area (Å²) in [5.41, 5.74) is 0.940. The maximum Gasteiger partial charge on any atom is 0.238 e. The molecule has 134 valence electrons. The Labute approximate surface area is 160 Å². The van der Waals surface area contributed by atoms with Crippen LogP contribution in [0.5, 0.6) is 0 Å². The quantitative estimate of drug-likeness (QED) is 0.644. The van der Waals surface area contributed by atoms with Crippen LogP contribution in [0.25, 0.3) is 10.8 Å². The Kier molecular flexibility index (Phi) is 5.15. The van der Waals surface area contributed by atoms with Crippen LogP contribution in [0.4, 0.5) is 5.69 Å². The van der Waals surface area contributed by atoms with Crippen LogP contribution in [0.1, 0.15) is 5.56 Å². The molecule has 1 aromatic heterocycles. The molecule has 2 aromatic carbocycles. The maximum atomic E-state index is 12.3. The fraction of sp³-hybridized carbons (Fsp3) is 0.0588. The van der Waals surface area contributed by atoms with Crippen molar-refractivity contribution in [3.8, 4) is 0 Å². The fourth-order valence-corrected chi connectivity index (χ4v) is 3.66. The Morgan fingerprint density at radius 2 is 1.88 bits per heavy atom. The third-order valence-corrected chi connectivity index (χ3v) is 5.19. The standard InChI is InChI=1S/C17H13Cl2N3O3S/c18-14-4-2-1-3-10(14)6-17(23)22-12-5-11-9-21-16(19)8-13(11)15(7-12)26(20,24)25/h1-5,7-9H,6H2,(H,22,23)(H2,20,24,25). The number of amides is 1. The summed E-state index contributed by atoms with van der Waals surface area (Å²) in [5, 5.41) is 9.38. The Morgan fingerprint density at radius 3 is 2.58 bits per heavy atom. The average Bonchev–Trinajstić information content (AvgIpc) is 2.55. The van der Waals surface area contributed by atoms with Gasteiger partial charge in [0.2, 0.25) is 15.9 Å². The molecule has 0 aliphatic carbocycles. The summed E-state index contributed by atoms with van der Waals surface area (Å²) in [7, 11) is -4.03. The van der Waals surface area contributed by atoms with Gasteiger partial charge in [-0.1, -0.05) is 41.4 Å². The number of nitrogens with two attached hydrogens (primary N) is 1. The molecule has 3 aromatic rings. The summed E-state index contributed by atoms with van der Waals surface area (Å²) in [6.45, 7) is 0. The van der Waals surface area contributed by atoms with Crippen molar-refractivity contribution >= 4 is 55.6 Å². The summed E-state index contributed by atoms with van der Waals surface area (Å²) in [6, 6.07) is 11.3. The zero-order valence-corrected chi connectivity index (χ0v) is 15.6. The van der Waals surface area contributed by atoms with Crippen molar-refractivity contribution in [2.75, 3.05) is 5.32 Å². The third kappa shape index (κ3) is 4.13. The monoisotopic (exact) mass is 409 g/mol. The lowest BCUT2D eigenvalue weighted by Gasteiger charge is -2.11. The molecular weight excluding hydrogens is 397 g/mol. The van der Waals surface area contributed by atoms with E-state index < -0.39 is 10.0 Å². The van der Waals surface area contributed by atoms with Crippen molar-refractivity contribution < 1.29 is 13.2 Å². The number of fused-ring (bicyclic) bond motifs is 1. The van der Waals surface area contributed by atoms with Crippen molar-refractivity contribution in [1.29, 1.82) is 0 Å². The molecule has 6 nitrogen and oxygen atoms in total. The van der Waals surface area contributed by atoms with E-state index in [1.807, 2.05) is 0 Å². The van der Waals surface area contributed by atoms with Gasteiger partial charge in [-0.05, 0) is 29.8 Å². The molecule has 0 aliphatic heterocycles. The van der Waals surface area contributed by atoms with E-state index in [0.717, 1.165) is 0 Å². The predicted octanol–water partition coefficient (Wildman–Crippen LogP) is 3.37. The van der Waals surface area contributed by atoms with Crippen LogP contribution in [-0.2, 0) is 21.2 Å². The number of hydrogen-bond acceptors (Lipinski definition) is 4. The van der Waals surface area contributed by atoms with Gasteiger partial charge in [0.1, 0.15) is 5.15 Å². The fourth-order valence-electron chi connectivity index (χ4n) is 2.52. The highest BCUT2D eigenvalue weighted by atomic mass is 35.5. The van der Waals surface area contributed by atoms with Gasteiger partial charge in [-0.25, -0.2) is 18.5 Å². The molecule has 0 unspecified atom stereocenters. The summed E-state index contributed by atoms with van der Waals surface area (Å²) in [5.74, 6) is -0.347. The number of pyridine rings is 1. The first kappa shape index (κ1) is 18.6. The number of benzene rings is 2. The van der Waals surface area contributed by atoms with Gasteiger partial charge in [0.25, 0.3) is 0 Å². The Morgan fingerprint density at radius 1 is 1.15 bits per heavy atom. The number of nitrogens with one attached hydrogen (secondary N) is 1. The van der Waals surface area contributed by atoms with E-state index in [0.29, 0.717) is 21.4 Å².